The Morgan fingerprint density at radius 2 is 2.00 bits per heavy atom. The predicted octanol–water partition coefficient (Wildman–Crippen LogP) is 2.20. The molecule has 2 unspecified atom stereocenters. The number of nitrogens with zero attached hydrogens (tertiary/aromatic N) is 2. The van der Waals surface area contributed by atoms with Gasteiger partial charge in [0.2, 0.25) is 0 Å². The third-order valence-electron chi connectivity index (χ3n) is 2.88. The summed E-state index contributed by atoms with van der Waals surface area (Å²) in [6.07, 6.45) is 1.73. The number of nitrogens with two attached hydrogens (primary N) is 1. The van der Waals surface area contributed by atoms with Crippen molar-refractivity contribution in [2.75, 3.05) is 6.61 Å². The molecule has 96 valence electrons. The normalized spacial score (nSPS) is 14.4. The molecule has 0 fully saturated rings. The van der Waals surface area contributed by atoms with Crippen LogP contribution in [0.1, 0.15) is 30.3 Å². The summed E-state index contributed by atoms with van der Waals surface area (Å²) in [6, 6.07) is 11.7. The Bertz CT molecular complexity index is 481. The van der Waals surface area contributed by atoms with Gasteiger partial charge in [0, 0.05) is 19.9 Å². The highest BCUT2D eigenvalue weighted by Crippen LogP contribution is 2.29. The summed E-state index contributed by atoms with van der Waals surface area (Å²) < 4.78 is 7.53. The van der Waals surface area contributed by atoms with Crippen LogP contribution in [0.15, 0.2) is 42.6 Å². The molecule has 4 nitrogen and oxygen atoms in total. The first-order valence-corrected chi connectivity index (χ1v) is 6.14. The summed E-state index contributed by atoms with van der Waals surface area (Å²) in [7, 11) is 1.88. The smallest absolute Gasteiger partial charge is 0.103 e. The van der Waals surface area contributed by atoms with Gasteiger partial charge in [-0.05, 0) is 18.6 Å². The van der Waals surface area contributed by atoms with Crippen LogP contribution in [0.2, 0.25) is 0 Å². The lowest BCUT2D eigenvalue weighted by atomic mass is 10.0. The van der Waals surface area contributed by atoms with Crippen molar-refractivity contribution in [3.05, 3.63) is 53.9 Å². The summed E-state index contributed by atoms with van der Waals surface area (Å²) in [5.41, 5.74) is 8.20. The second-order valence-electron chi connectivity index (χ2n) is 4.23. The Morgan fingerprint density at radius 3 is 2.56 bits per heavy atom. The van der Waals surface area contributed by atoms with Crippen molar-refractivity contribution in [1.82, 2.24) is 9.78 Å². The minimum absolute atomic E-state index is 0.161. The Hall–Kier alpha value is -1.65. The Kier molecular flexibility index (Phi) is 4.12. The maximum atomic E-state index is 6.27. The fraction of sp³-hybridized carbons (Fsp3) is 0.357. The lowest BCUT2D eigenvalue weighted by molar-refractivity contribution is 0.0418. The number of aromatic nitrogens is 2. The minimum atomic E-state index is -0.256. The molecule has 2 N–H and O–H groups in total. The van der Waals surface area contributed by atoms with Crippen LogP contribution in [0.4, 0.5) is 0 Å². The molecule has 0 aliphatic carbocycles. The van der Waals surface area contributed by atoms with Crippen LogP contribution < -0.4 is 5.73 Å². The quantitative estimate of drug-likeness (QED) is 0.878. The van der Waals surface area contributed by atoms with Crippen LogP contribution in [0.5, 0.6) is 0 Å². The molecular weight excluding hydrogens is 226 g/mol. The highest BCUT2D eigenvalue weighted by Gasteiger charge is 2.23. The molecule has 0 amide bonds. The summed E-state index contributed by atoms with van der Waals surface area (Å²) >= 11 is 0. The number of rotatable bonds is 5. The SMILES string of the molecule is CCOC(c1ccccc1)C(N)c1ccn(C)n1. The largest absolute Gasteiger partial charge is 0.372 e. The molecule has 0 bridgehead atoms. The number of hydrogen-bond acceptors (Lipinski definition) is 3. The molecule has 2 aromatic rings. The molecule has 0 saturated carbocycles. The fourth-order valence-electron chi connectivity index (χ4n) is 2.00. The molecule has 0 radical (unpaired) electrons. The minimum Gasteiger partial charge on any atom is -0.372 e. The number of benzene rings is 1. The summed E-state index contributed by atoms with van der Waals surface area (Å²) in [5.74, 6) is 0. The summed E-state index contributed by atoms with van der Waals surface area (Å²) in [4.78, 5) is 0. The average molecular weight is 245 g/mol. The first-order valence-electron chi connectivity index (χ1n) is 6.14. The first kappa shape index (κ1) is 12.8. The van der Waals surface area contributed by atoms with Gasteiger partial charge in [0.15, 0.2) is 0 Å². The van der Waals surface area contributed by atoms with Crippen LogP contribution in [0.3, 0.4) is 0 Å². The van der Waals surface area contributed by atoms with Gasteiger partial charge in [0.1, 0.15) is 6.10 Å². The second kappa shape index (κ2) is 5.80. The van der Waals surface area contributed by atoms with Gasteiger partial charge in [-0.15, -0.1) is 0 Å². The predicted molar refractivity (Wildman–Crippen MR) is 70.9 cm³/mol. The van der Waals surface area contributed by atoms with E-state index in [1.165, 1.54) is 0 Å². The van der Waals surface area contributed by atoms with E-state index >= 15 is 0 Å². The maximum Gasteiger partial charge on any atom is 0.103 e. The number of aryl methyl sites for hydroxylation is 1. The van der Waals surface area contributed by atoms with Gasteiger partial charge in [-0.1, -0.05) is 30.3 Å². The van der Waals surface area contributed by atoms with Gasteiger partial charge < -0.3 is 10.5 Å². The zero-order chi connectivity index (χ0) is 13.0. The molecular formula is C14H19N3O. The van der Waals surface area contributed by atoms with Crippen molar-refractivity contribution in [2.45, 2.75) is 19.1 Å². The molecule has 0 aliphatic rings. The van der Waals surface area contributed by atoms with Gasteiger partial charge in [-0.25, -0.2) is 0 Å². The molecule has 1 aromatic carbocycles. The van der Waals surface area contributed by atoms with Crippen molar-refractivity contribution >= 4 is 0 Å². The van der Waals surface area contributed by atoms with Crippen LogP contribution in [-0.4, -0.2) is 16.4 Å². The third-order valence-corrected chi connectivity index (χ3v) is 2.88. The van der Waals surface area contributed by atoms with E-state index in [0.29, 0.717) is 6.61 Å². The van der Waals surface area contributed by atoms with Crippen LogP contribution >= 0.6 is 0 Å². The van der Waals surface area contributed by atoms with E-state index in [2.05, 4.69) is 5.10 Å². The zero-order valence-electron chi connectivity index (χ0n) is 10.8. The van der Waals surface area contributed by atoms with E-state index in [1.807, 2.05) is 56.6 Å². The van der Waals surface area contributed by atoms with Gasteiger partial charge >= 0.3 is 0 Å². The van der Waals surface area contributed by atoms with Crippen molar-refractivity contribution < 1.29 is 4.74 Å². The lowest BCUT2D eigenvalue weighted by Crippen LogP contribution is -2.23. The molecule has 0 spiro atoms. The summed E-state index contributed by atoms with van der Waals surface area (Å²) in [5, 5.41) is 4.35. The van der Waals surface area contributed by atoms with Gasteiger partial charge in [-0.2, -0.15) is 5.10 Å². The average Bonchev–Trinajstić information content (AvgIpc) is 2.83. The fourth-order valence-corrected chi connectivity index (χ4v) is 2.00. The highest BCUT2D eigenvalue weighted by atomic mass is 16.5. The molecule has 4 heteroatoms. The van der Waals surface area contributed by atoms with E-state index in [0.717, 1.165) is 11.3 Å². The van der Waals surface area contributed by atoms with Gasteiger partial charge in [0.25, 0.3) is 0 Å². The van der Waals surface area contributed by atoms with Gasteiger partial charge in [0.05, 0.1) is 11.7 Å². The van der Waals surface area contributed by atoms with Crippen molar-refractivity contribution in [2.24, 2.45) is 12.8 Å². The van der Waals surface area contributed by atoms with Crippen LogP contribution in [0.25, 0.3) is 0 Å². The molecule has 0 aliphatic heterocycles. The van der Waals surface area contributed by atoms with E-state index in [-0.39, 0.29) is 12.1 Å². The third kappa shape index (κ3) is 2.78. The maximum absolute atomic E-state index is 6.27. The molecule has 2 atom stereocenters. The van der Waals surface area contributed by atoms with E-state index < -0.39 is 0 Å². The van der Waals surface area contributed by atoms with Crippen LogP contribution in [0, 0.1) is 0 Å². The summed E-state index contributed by atoms with van der Waals surface area (Å²) in [6.45, 7) is 2.60. The van der Waals surface area contributed by atoms with E-state index in [4.69, 9.17) is 10.5 Å². The van der Waals surface area contributed by atoms with Crippen molar-refractivity contribution in [3.63, 3.8) is 0 Å². The standard InChI is InChI=1S/C14H19N3O/c1-3-18-14(11-7-5-4-6-8-11)13(15)12-9-10-17(2)16-12/h4-10,13-14H,3,15H2,1-2H3. The topological polar surface area (TPSA) is 53.1 Å². The van der Waals surface area contributed by atoms with Crippen LogP contribution in [-0.2, 0) is 11.8 Å². The lowest BCUT2D eigenvalue weighted by Gasteiger charge is -2.22. The molecule has 18 heavy (non-hydrogen) atoms. The molecule has 0 saturated heterocycles. The molecule has 2 rings (SSSR count). The Balaban J connectivity index is 2.25. The second-order valence-corrected chi connectivity index (χ2v) is 4.23. The number of ether oxygens (including phenoxy) is 1. The zero-order valence-corrected chi connectivity index (χ0v) is 10.8. The monoisotopic (exact) mass is 245 g/mol. The van der Waals surface area contributed by atoms with Gasteiger partial charge in [-0.3, -0.25) is 4.68 Å². The first-order chi connectivity index (χ1) is 8.72. The molecule has 1 aromatic heterocycles. The number of hydrogen-bond donors (Lipinski definition) is 1. The van der Waals surface area contributed by atoms with Crippen molar-refractivity contribution in [3.8, 4) is 0 Å². The van der Waals surface area contributed by atoms with Crippen molar-refractivity contribution in [1.29, 1.82) is 0 Å². The Labute approximate surface area is 107 Å². The highest BCUT2D eigenvalue weighted by molar-refractivity contribution is 5.22. The van der Waals surface area contributed by atoms with E-state index in [1.54, 1.807) is 4.68 Å². The Morgan fingerprint density at radius 1 is 1.28 bits per heavy atom. The molecule has 1 heterocycles. The van der Waals surface area contributed by atoms with E-state index in [9.17, 15) is 0 Å².